The Kier molecular flexibility index (Phi) is 5.75. The minimum Gasteiger partial charge on any atom is -0.373 e. The van der Waals surface area contributed by atoms with Crippen molar-refractivity contribution in [3.63, 3.8) is 0 Å². The summed E-state index contributed by atoms with van der Waals surface area (Å²) in [6, 6.07) is 3.22. The highest BCUT2D eigenvalue weighted by Gasteiger charge is 2.36. The Morgan fingerprint density at radius 1 is 1.05 bits per heavy atom. The first kappa shape index (κ1) is 24.0. The van der Waals surface area contributed by atoms with Gasteiger partial charge in [-0.05, 0) is 38.8 Å². The van der Waals surface area contributed by atoms with Crippen LogP contribution in [-0.2, 0) is 14.6 Å². The molecule has 2 atom stereocenters. The standard InChI is InChI=1S/C25H24F2N6O3S/c1-13-14(2)30-25-23(29-13)22(19-4-3-17(26)8-20(19)27)31-24(32-25)15-5-6-36-21(7-15)16-9-28-33(10-16)18-11-37(34,35)12-18/h3-4,8-10,15,18,21H,5-7,11-12H2,1-2H3/t15-,21+/m0/s1. The molecule has 0 bridgehead atoms. The Hall–Kier alpha value is -3.38. The van der Waals surface area contributed by atoms with Gasteiger partial charge in [0.25, 0.3) is 0 Å². The molecule has 192 valence electrons. The van der Waals surface area contributed by atoms with Crippen molar-refractivity contribution in [1.82, 2.24) is 29.7 Å². The van der Waals surface area contributed by atoms with E-state index in [1.807, 2.05) is 20.0 Å². The third kappa shape index (κ3) is 4.48. The van der Waals surface area contributed by atoms with E-state index in [0.29, 0.717) is 47.8 Å². The van der Waals surface area contributed by atoms with Crippen LogP contribution in [0.4, 0.5) is 8.78 Å². The number of rotatable bonds is 4. The van der Waals surface area contributed by atoms with Gasteiger partial charge in [0.2, 0.25) is 0 Å². The van der Waals surface area contributed by atoms with E-state index in [-0.39, 0.29) is 40.8 Å². The number of aryl methyl sites for hydroxylation is 2. The molecule has 0 saturated carbocycles. The van der Waals surface area contributed by atoms with Gasteiger partial charge in [-0.3, -0.25) is 4.68 Å². The Morgan fingerprint density at radius 2 is 1.84 bits per heavy atom. The smallest absolute Gasteiger partial charge is 0.182 e. The maximum Gasteiger partial charge on any atom is 0.182 e. The predicted octanol–water partition coefficient (Wildman–Crippen LogP) is 3.78. The van der Waals surface area contributed by atoms with Gasteiger partial charge >= 0.3 is 0 Å². The SMILES string of the molecule is Cc1nc2nc([C@H]3CCO[C@@H](c4cnn(C5CS(=O)(=O)C5)c4)C3)nc(-c3ccc(F)cc3F)c2nc1C. The first-order chi connectivity index (χ1) is 17.7. The van der Waals surface area contributed by atoms with Crippen LogP contribution in [0.25, 0.3) is 22.4 Å². The average Bonchev–Trinajstić information content (AvgIpc) is 3.33. The molecule has 0 spiro atoms. The van der Waals surface area contributed by atoms with Crippen LogP contribution in [0.1, 0.15) is 53.7 Å². The van der Waals surface area contributed by atoms with Gasteiger partial charge in [0, 0.05) is 35.9 Å². The maximum absolute atomic E-state index is 14.8. The van der Waals surface area contributed by atoms with Gasteiger partial charge in [-0.25, -0.2) is 37.1 Å². The minimum absolute atomic E-state index is 0.0931. The summed E-state index contributed by atoms with van der Waals surface area (Å²) in [5.41, 5.74) is 3.36. The molecular weight excluding hydrogens is 502 g/mol. The third-order valence-electron chi connectivity index (χ3n) is 7.06. The maximum atomic E-state index is 14.8. The molecule has 0 amide bonds. The molecule has 2 saturated heterocycles. The monoisotopic (exact) mass is 526 g/mol. The molecule has 9 nitrogen and oxygen atoms in total. The van der Waals surface area contributed by atoms with Crippen molar-refractivity contribution in [3.05, 3.63) is 65.0 Å². The molecule has 4 aromatic rings. The summed E-state index contributed by atoms with van der Waals surface area (Å²) in [4.78, 5) is 18.6. The van der Waals surface area contributed by atoms with Gasteiger partial charge in [-0.15, -0.1) is 0 Å². The molecule has 2 aliphatic rings. The van der Waals surface area contributed by atoms with E-state index in [9.17, 15) is 17.2 Å². The lowest BCUT2D eigenvalue weighted by molar-refractivity contribution is 0.00395. The molecule has 6 rings (SSSR count). The van der Waals surface area contributed by atoms with Gasteiger partial charge in [0.1, 0.15) is 28.7 Å². The molecule has 2 aliphatic heterocycles. The van der Waals surface area contributed by atoms with Crippen molar-refractivity contribution < 1.29 is 21.9 Å². The molecule has 5 heterocycles. The number of fused-ring (bicyclic) bond motifs is 1. The highest BCUT2D eigenvalue weighted by atomic mass is 32.2. The summed E-state index contributed by atoms with van der Waals surface area (Å²) in [5, 5.41) is 4.36. The van der Waals surface area contributed by atoms with E-state index in [1.165, 1.54) is 12.1 Å². The second kappa shape index (κ2) is 8.88. The number of halogens is 2. The van der Waals surface area contributed by atoms with Gasteiger partial charge in [-0.1, -0.05) is 0 Å². The fourth-order valence-electron chi connectivity index (χ4n) is 4.85. The number of ether oxygens (including phenoxy) is 1. The van der Waals surface area contributed by atoms with E-state index in [1.54, 1.807) is 10.9 Å². The molecule has 0 N–H and O–H groups in total. The number of hydrogen-bond donors (Lipinski definition) is 0. The topological polar surface area (TPSA) is 113 Å². The van der Waals surface area contributed by atoms with Crippen molar-refractivity contribution in [3.8, 4) is 11.3 Å². The molecule has 1 aromatic carbocycles. The van der Waals surface area contributed by atoms with E-state index >= 15 is 0 Å². The largest absolute Gasteiger partial charge is 0.373 e. The van der Waals surface area contributed by atoms with Crippen molar-refractivity contribution in [2.24, 2.45) is 0 Å². The number of benzene rings is 1. The van der Waals surface area contributed by atoms with Gasteiger partial charge in [0.05, 0.1) is 41.2 Å². The molecular formula is C25H24F2N6O3S. The summed E-state index contributed by atoms with van der Waals surface area (Å²) in [6.45, 7) is 4.10. The molecule has 0 aliphatic carbocycles. The van der Waals surface area contributed by atoms with Crippen LogP contribution < -0.4 is 0 Å². The third-order valence-corrected chi connectivity index (χ3v) is 8.84. The molecule has 37 heavy (non-hydrogen) atoms. The summed E-state index contributed by atoms with van der Waals surface area (Å²) < 4.78 is 59.3. The minimum atomic E-state index is -2.96. The zero-order valence-electron chi connectivity index (χ0n) is 20.2. The summed E-state index contributed by atoms with van der Waals surface area (Å²) in [5.74, 6) is -0.839. The summed E-state index contributed by atoms with van der Waals surface area (Å²) >= 11 is 0. The van der Waals surface area contributed by atoms with Crippen LogP contribution in [0, 0.1) is 25.5 Å². The van der Waals surface area contributed by atoms with E-state index in [0.717, 1.165) is 11.6 Å². The lowest BCUT2D eigenvalue weighted by atomic mass is 9.92. The lowest BCUT2D eigenvalue weighted by Crippen LogP contribution is -2.38. The van der Waals surface area contributed by atoms with Crippen LogP contribution >= 0.6 is 0 Å². The predicted molar refractivity (Wildman–Crippen MR) is 131 cm³/mol. The summed E-state index contributed by atoms with van der Waals surface area (Å²) in [7, 11) is -2.96. The van der Waals surface area contributed by atoms with Crippen molar-refractivity contribution >= 4 is 21.0 Å². The lowest BCUT2D eigenvalue weighted by Gasteiger charge is -2.29. The number of hydrogen-bond acceptors (Lipinski definition) is 8. The van der Waals surface area contributed by atoms with Crippen LogP contribution in [0.15, 0.2) is 30.6 Å². The fourth-order valence-corrected chi connectivity index (χ4v) is 6.23. The van der Waals surface area contributed by atoms with Crippen LogP contribution in [0.5, 0.6) is 0 Å². The quantitative estimate of drug-likeness (QED) is 0.395. The van der Waals surface area contributed by atoms with E-state index in [4.69, 9.17) is 14.7 Å². The molecule has 2 fully saturated rings. The Balaban J connectivity index is 1.35. The Bertz CT molecular complexity index is 1630. The molecule has 0 radical (unpaired) electrons. The molecule has 3 aromatic heterocycles. The first-order valence-corrected chi connectivity index (χ1v) is 13.8. The first-order valence-electron chi connectivity index (χ1n) is 12.0. The molecule has 0 unspecified atom stereocenters. The Morgan fingerprint density at radius 3 is 2.59 bits per heavy atom. The van der Waals surface area contributed by atoms with Crippen molar-refractivity contribution in [1.29, 1.82) is 0 Å². The normalized spacial score (nSPS) is 21.7. The average molecular weight is 527 g/mol. The Labute approximate surface area is 211 Å². The second-order valence-electron chi connectivity index (χ2n) is 9.69. The van der Waals surface area contributed by atoms with Gasteiger partial charge in [-0.2, -0.15) is 5.10 Å². The zero-order chi connectivity index (χ0) is 25.9. The van der Waals surface area contributed by atoms with Crippen molar-refractivity contribution in [2.45, 2.75) is 44.8 Å². The van der Waals surface area contributed by atoms with Crippen LogP contribution in [0.2, 0.25) is 0 Å². The number of nitrogens with zero attached hydrogens (tertiary/aromatic N) is 6. The zero-order valence-corrected chi connectivity index (χ0v) is 21.0. The highest BCUT2D eigenvalue weighted by Crippen LogP contribution is 2.38. The van der Waals surface area contributed by atoms with Crippen LogP contribution in [0.3, 0.4) is 0 Å². The van der Waals surface area contributed by atoms with E-state index < -0.39 is 21.5 Å². The highest BCUT2D eigenvalue weighted by molar-refractivity contribution is 7.92. The number of sulfone groups is 1. The van der Waals surface area contributed by atoms with Gasteiger partial charge < -0.3 is 4.74 Å². The van der Waals surface area contributed by atoms with E-state index in [2.05, 4.69) is 15.1 Å². The summed E-state index contributed by atoms with van der Waals surface area (Å²) in [6.07, 6.45) is 4.48. The van der Waals surface area contributed by atoms with Crippen LogP contribution in [-0.4, -0.2) is 56.2 Å². The fraction of sp³-hybridized carbons (Fsp3) is 0.400. The second-order valence-corrected chi connectivity index (χ2v) is 11.8. The van der Waals surface area contributed by atoms with Gasteiger partial charge in [0.15, 0.2) is 15.5 Å². The molecule has 12 heteroatoms. The van der Waals surface area contributed by atoms with Crippen molar-refractivity contribution in [2.75, 3.05) is 18.1 Å². The number of aromatic nitrogens is 6.